The molecule has 0 aromatic heterocycles. The first-order valence-electron chi connectivity index (χ1n) is 5.26. The lowest BCUT2D eigenvalue weighted by Gasteiger charge is -2.37. The van der Waals surface area contributed by atoms with Crippen molar-refractivity contribution in [2.24, 2.45) is 0 Å². The molecule has 16 heavy (non-hydrogen) atoms. The molecule has 1 N–H and O–H groups in total. The lowest BCUT2D eigenvalue weighted by atomic mass is 10.2. The minimum atomic E-state index is -2.15. The van der Waals surface area contributed by atoms with Gasteiger partial charge in [-0.25, -0.2) is 9.59 Å². The summed E-state index contributed by atoms with van der Waals surface area (Å²) < 4.78 is 5.45. The van der Waals surface area contributed by atoms with Crippen molar-refractivity contribution >= 4 is 20.3 Å². The quantitative estimate of drug-likeness (QED) is 0.610. The smallest absolute Gasteiger partial charge is 0.328 e. The molecule has 0 spiro atoms. The van der Waals surface area contributed by atoms with Gasteiger partial charge >= 0.3 is 11.9 Å². The van der Waals surface area contributed by atoms with Crippen LogP contribution in [0.1, 0.15) is 27.7 Å². The number of rotatable bonds is 4. The summed E-state index contributed by atoms with van der Waals surface area (Å²) >= 11 is 0. The van der Waals surface area contributed by atoms with E-state index < -0.39 is 20.3 Å². The minimum absolute atomic E-state index is 0.0610. The predicted molar refractivity (Wildman–Crippen MR) is 64.7 cm³/mol. The maximum Gasteiger partial charge on any atom is 0.328 e. The van der Waals surface area contributed by atoms with E-state index in [0.717, 1.165) is 18.2 Å². The molecule has 0 aliphatic carbocycles. The molecule has 0 aromatic carbocycles. The maximum atomic E-state index is 11.4. The van der Waals surface area contributed by atoms with E-state index in [4.69, 9.17) is 9.53 Å². The van der Waals surface area contributed by atoms with Crippen molar-refractivity contribution < 1.29 is 19.1 Å². The highest BCUT2D eigenvalue weighted by Crippen LogP contribution is 2.39. The summed E-state index contributed by atoms with van der Waals surface area (Å²) in [5.74, 6) is -1.71. The van der Waals surface area contributed by atoms with Gasteiger partial charge in [-0.1, -0.05) is 27.7 Å². The second-order valence-electron chi connectivity index (χ2n) is 4.93. The van der Waals surface area contributed by atoms with Crippen molar-refractivity contribution in [3.63, 3.8) is 0 Å². The summed E-state index contributed by atoms with van der Waals surface area (Å²) in [5.41, 5.74) is 0. The van der Waals surface area contributed by atoms with Gasteiger partial charge in [0, 0.05) is 12.2 Å². The molecule has 0 rings (SSSR count). The first kappa shape index (κ1) is 14.9. The van der Waals surface area contributed by atoms with E-state index in [0.29, 0.717) is 0 Å². The zero-order valence-corrected chi connectivity index (χ0v) is 11.5. The Balaban J connectivity index is 4.69. The molecule has 0 saturated heterocycles. The summed E-state index contributed by atoms with van der Waals surface area (Å²) in [6, 6.07) is 0.809. The summed E-state index contributed by atoms with van der Waals surface area (Å²) in [7, 11) is -2.15. The van der Waals surface area contributed by atoms with E-state index in [2.05, 4.69) is 0 Å². The molecule has 0 aliphatic rings. The van der Waals surface area contributed by atoms with Crippen LogP contribution in [0.15, 0.2) is 12.2 Å². The van der Waals surface area contributed by atoms with E-state index in [-0.39, 0.29) is 5.04 Å². The SMILES string of the molecule is CC[Si](C)(OC(=O)/C=C\C(=O)O)C(C)(C)C. The molecule has 0 bridgehead atoms. The summed E-state index contributed by atoms with van der Waals surface area (Å²) in [5, 5.41) is 8.33. The van der Waals surface area contributed by atoms with E-state index >= 15 is 0 Å². The number of carbonyl (C=O) groups excluding carboxylic acids is 1. The lowest BCUT2D eigenvalue weighted by Crippen LogP contribution is -2.44. The van der Waals surface area contributed by atoms with E-state index in [1.807, 2.05) is 34.2 Å². The Morgan fingerprint density at radius 3 is 2.12 bits per heavy atom. The van der Waals surface area contributed by atoms with E-state index in [9.17, 15) is 9.59 Å². The third kappa shape index (κ3) is 4.18. The first-order valence-corrected chi connectivity index (χ1v) is 7.88. The summed E-state index contributed by atoms with van der Waals surface area (Å²) in [6.45, 7) is 10.1. The Hall–Kier alpha value is -1.10. The van der Waals surface area contributed by atoms with Crippen molar-refractivity contribution in [1.82, 2.24) is 0 Å². The number of carboxylic acid groups (broad SMARTS) is 1. The average molecular weight is 244 g/mol. The summed E-state index contributed by atoms with van der Waals surface area (Å²) in [4.78, 5) is 21.7. The van der Waals surface area contributed by atoms with Gasteiger partial charge in [0.2, 0.25) is 0 Å². The Morgan fingerprint density at radius 2 is 1.81 bits per heavy atom. The fourth-order valence-electron chi connectivity index (χ4n) is 1.15. The molecule has 0 heterocycles. The van der Waals surface area contributed by atoms with Crippen molar-refractivity contribution in [2.75, 3.05) is 0 Å². The molecule has 0 aliphatic heterocycles. The van der Waals surface area contributed by atoms with Gasteiger partial charge in [-0.15, -0.1) is 0 Å². The number of hydrogen-bond acceptors (Lipinski definition) is 3. The number of carbonyl (C=O) groups is 2. The highest BCUT2D eigenvalue weighted by molar-refractivity contribution is 6.76. The van der Waals surface area contributed by atoms with Crippen molar-refractivity contribution in [3.8, 4) is 0 Å². The third-order valence-corrected chi connectivity index (χ3v) is 8.12. The van der Waals surface area contributed by atoms with Crippen LogP contribution >= 0.6 is 0 Å². The zero-order chi connectivity index (χ0) is 13.0. The maximum absolute atomic E-state index is 11.4. The monoisotopic (exact) mass is 244 g/mol. The fourth-order valence-corrected chi connectivity index (χ4v) is 3.17. The molecule has 1 atom stereocenters. The van der Waals surface area contributed by atoms with E-state index in [1.54, 1.807) is 0 Å². The Morgan fingerprint density at radius 1 is 1.31 bits per heavy atom. The standard InChI is InChI=1S/C11H20O4Si/c1-6-16(5,11(2,3)4)15-10(14)8-7-9(12)13/h7-8H,6H2,1-5H3,(H,12,13)/b8-7-. The average Bonchev–Trinajstić information content (AvgIpc) is 2.12. The van der Waals surface area contributed by atoms with Crippen LogP contribution in [0.5, 0.6) is 0 Å². The third-order valence-electron chi connectivity index (χ3n) is 2.95. The molecule has 5 heteroatoms. The van der Waals surface area contributed by atoms with Gasteiger partial charge in [-0.05, 0) is 17.6 Å². The number of aliphatic carboxylic acids is 1. The molecule has 0 radical (unpaired) electrons. The molecule has 4 nitrogen and oxygen atoms in total. The van der Waals surface area contributed by atoms with Crippen LogP contribution in [0, 0.1) is 0 Å². The topological polar surface area (TPSA) is 63.6 Å². The molecule has 92 valence electrons. The highest BCUT2D eigenvalue weighted by atomic mass is 28.4. The van der Waals surface area contributed by atoms with Gasteiger partial charge in [-0.2, -0.15) is 0 Å². The molecule has 0 fully saturated rings. The second kappa shape index (κ2) is 5.29. The van der Waals surface area contributed by atoms with Crippen LogP contribution in [0.4, 0.5) is 0 Å². The molecular weight excluding hydrogens is 224 g/mol. The van der Waals surface area contributed by atoms with Crippen LogP contribution in [0.25, 0.3) is 0 Å². The number of hydrogen-bond donors (Lipinski definition) is 1. The molecule has 0 saturated carbocycles. The van der Waals surface area contributed by atoms with Crippen LogP contribution < -0.4 is 0 Å². The van der Waals surface area contributed by atoms with E-state index in [1.165, 1.54) is 0 Å². The van der Waals surface area contributed by atoms with Crippen LogP contribution in [0.2, 0.25) is 17.6 Å². The lowest BCUT2D eigenvalue weighted by molar-refractivity contribution is -0.133. The summed E-state index contributed by atoms with van der Waals surface area (Å²) in [6.07, 6.45) is 1.77. The van der Waals surface area contributed by atoms with Gasteiger partial charge in [0.05, 0.1) is 0 Å². The second-order valence-corrected chi connectivity index (χ2v) is 9.80. The van der Waals surface area contributed by atoms with Gasteiger partial charge in [0.25, 0.3) is 8.32 Å². The van der Waals surface area contributed by atoms with Crippen molar-refractivity contribution in [2.45, 2.75) is 45.3 Å². The fraction of sp³-hybridized carbons (Fsp3) is 0.636. The van der Waals surface area contributed by atoms with Crippen LogP contribution in [-0.4, -0.2) is 25.4 Å². The molecule has 1 unspecified atom stereocenters. The normalized spacial score (nSPS) is 15.8. The van der Waals surface area contributed by atoms with Gasteiger partial charge in [0.15, 0.2) is 0 Å². The van der Waals surface area contributed by atoms with Gasteiger partial charge in [0.1, 0.15) is 0 Å². The van der Waals surface area contributed by atoms with Crippen molar-refractivity contribution in [3.05, 3.63) is 12.2 Å². The highest BCUT2D eigenvalue weighted by Gasteiger charge is 2.43. The van der Waals surface area contributed by atoms with Gasteiger partial charge < -0.3 is 9.53 Å². The Bertz CT molecular complexity index is 304. The molecule has 0 aromatic rings. The molecular formula is C11H20O4Si. The number of carboxylic acids is 1. The first-order chi connectivity index (χ1) is 7.12. The van der Waals surface area contributed by atoms with Gasteiger partial charge in [-0.3, -0.25) is 0 Å². The minimum Gasteiger partial charge on any atom is -0.516 e. The molecule has 0 amide bonds. The van der Waals surface area contributed by atoms with Crippen molar-refractivity contribution in [1.29, 1.82) is 0 Å². The zero-order valence-electron chi connectivity index (χ0n) is 10.5. The Kier molecular flexibility index (Phi) is 4.93. The Labute approximate surface area is 97.4 Å². The van der Waals surface area contributed by atoms with Crippen LogP contribution in [-0.2, 0) is 14.0 Å². The predicted octanol–water partition coefficient (Wildman–Crippen LogP) is 2.57. The largest absolute Gasteiger partial charge is 0.516 e. The van der Waals surface area contributed by atoms with Crippen LogP contribution in [0.3, 0.4) is 0 Å².